The summed E-state index contributed by atoms with van der Waals surface area (Å²) in [7, 11) is 1.83. The zero-order valence-corrected chi connectivity index (χ0v) is 8.73. The molecule has 1 aromatic heterocycles. The maximum absolute atomic E-state index is 12.1. The van der Waals surface area contributed by atoms with Gasteiger partial charge in [0, 0.05) is 32.9 Å². The van der Waals surface area contributed by atoms with E-state index in [0.717, 1.165) is 26.1 Å². The van der Waals surface area contributed by atoms with Gasteiger partial charge in [0.05, 0.1) is 17.3 Å². The highest BCUT2D eigenvalue weighted by Crippen LogP contribution is 2.35. The van der Waals surface area contributed by atoms with Gasteiger partial charge in [0.15, 0.2) is 0 Å². The van der Waals surface area contributed by atoms with Gasteiger partial charge < -0.3 is 10.2 Å². The molecule has 2 aliphatic heterocycles. The predicted molar refractivity (Wildman–Crippen MR) is 54.5 cm³/mol. The van der Waals surface area contributed by atoms with E-state index in [1.54, 1.807) is 17.1 Å². The van der Waals surface area contributed by atoms with Gasteiger partial charge in [-0.15, -0.1) is 0 Å². The van der Waals surface area contributed by atoms with E-state index in [2.05, 4.69) is 10.4 Å². The van der Waals surface area contributed by atoms with E-state index in [-0.39, 0.29) is 11.4 Å². The first-order chi connectivity index (χ1) is 7.21. The van der Waals surface area contributed by atoms with Crippen LogP contribution in [-0.2, 0) is 7.05 Å². The molecule has 3 rings (SSSR count). The van der Waals surface area contributed by atoms with Crippen LogP contribution in [-0.4, -0.2) is 45.8 Å². The van der Waals surface area contributed by atoms with Crippen LogP contribution in [0.4, 0.5) is 0 Å². The van der Waals surface area contributed by atoms with Crippen LogP contribution in [0.5, 0.6) is 0 Å². The lowest BCUT2D eigenvalue weighted by molar-refractivity contribution is -0.0322. The average Bonchev–Trinajstić information content (AvgIpc) is 2.47. The lowest BCUT2D eigenvalue weighted by atomic mass is 9.79. The first-order valence-electron chi connectivity index (χ1n) is 5.23. The van der Waals surface area contributed by atoms with Crippen molar-refractivity contribution in [3.8, 4) is 0 Å². The van der Waals surface area contributed by atoms with Gasteiger partial charge in [0.25, 0.3) is 5.91 Å². The Hall–Kier alpha value is -1.36. The first-order valence-corrected chi connectivity index (χ1v) is 5.23. The molecule has 2 saturated heterocycles. The van der Waals surface area contributed by atoms with E-state index in [1.165, 1.54) is 0 Å². The minimum absolute atomic E-state index is 0.121. The van der Waals surface area contributed by atoms with Crippen LogP contribution in [0, 0.1) is 0 Å². The Balaban J connectivity index is 1.80. The van der Waals surface area contributed by atoms with Gasteiger partial charge in [-0.1, -0.05) is 0 Å². The fraction of sp³-hybridized carbons (Fsp3) is 0.600. The molecule has 2 aliphatic rings. The Kier molecular flexibility index (Phi) is 1.68. The zero-order chi connectivity index (χ0) is 10.5. The summed E-state index contributed by atoms with van der Waals surface area (Å²) in [5, 5.41) is 7.25. The van der Waals surface area contributed by atoms with Crippen molar-refractivity contribution in [1.82, 2.24) is 20.0 Å². The molecule has 1 spiro atoms. The second-order valence-electron chi connectivity index (χ2n) is 4.44. The summed E-state index contributed by atoms with van der Waals surface area (Å²) in [6.07, 6.45) is 4.55. The van der Waals surface area contributed by atoms with Crippen molar-refractivity contribution in [2.75, 3.05) is 19.6 Å². The van der Waals surface area contributed by atoms with Crippen molar-refractivity contribution in [3.63, 3.8) is 0 Å². The molecule has 0 unspecified atom stereocenters. The minimum Gasteiger partial charge on any atom is -0.330 e. The smallest absolute Gasteiger partial charge is 0.257 e. The standard InChI is InChI=1S/C10H14N4O/c1-13-5-8(4-12-13)9(15)14-3-2-10(14)6-11-7-10/h4-5,11H,2-3,6-7H2,1H3. The Morgan fingerprint density at radius 2 is 2.40 bits per heavy atom. The third-order valence-corrected chi connectivity index (χ3v) is 3.48. The first kappa shape index (κ1) is 8.91. The number of likely N-dealkylation sites (tertiary alicyclic amines) is 1. The van der Waals surface area contributed by atoms with Gasteiger partial charge in [-0.05, 0) is 6.42 Å². The molecule has 1 amide bonds. The summed E-state index contributed by atoms with van der Waals surface area (Å²) in [4.78, 5) is 14.1. The van der Waals surface area contributed by atoms with Crippen molar-refractivity contribution in [1.29, 1.82) is 0 Å². The van der Waals surface area contributed by atoms with Crippen LogP contribution < -0.4 is 5.32 Å². The number of hydrogen-bond acceptors (Lipinski definition) is 3. The number of amides is 1. The molecule has 3 heterocycles. The Bertz CT molecular complexity index is 402. The van der Waals surface area contributed by atoms with E-state index in [9.17, 15) is 4.79 Å². The van der Waals surface area contributed by atoms with E-state index < -0.39 is 0 Å². The highest BCUT2D eigenvalue weighted by atomic mass is 16.2. The van der Waals surface area contributed by atoms with Gasteiger partial charge in [0.2, 0.25) is 0 Å². The van der Waals surface area contributed by atoms with Crippen LogP contribution in [0.3, 0.4) is 0 Å². The molecule has 1 N–H and O–H groups in total. The number of aryl methyl sites for hydroxylation is 1. The molecule has 1 aromatic rings. The lowest BCUT2D eigenvalue weighted by Gasteiger charge is -2.58. The number of hydrogen-bond donors (Lipinski definition) is 1. The van der Waals surface area contributed by atoms with Crippen LogP contribution in [0.15, 0.2) is 12.4 Å². The second kappa shape index (κ2) is 2.82. The van der Waals surface area contributed by atoms with Crippen molar-refractivity contribution < 1.29 is 4.79 Å². The van der Waals surface area contributed by atoms with Gasteiger partial charge in [-0.25, -0.2) is 0 Å². The number of carbonyl (C=O) groups is 1. The molecule has 15 heavy (non-hydrogen) atoms. The highest BCUT2D eigenvalue weighted by Gasteiger charge is 2.51. The van der Waals surface area contributed by atoms with Crippen molar-refractivity contribution >= 4 is 5.91 Å². The SMILES string of the molecule is Cn1cc(C(=O)N2CCC23CNC3)cn1. The molecule has 2 fully saturated rings. The van der Waals surface area contributed by atoms with Gasteiger partial charge >= 0.3 is 0 Å². The van der Waals surface area contributed by atoms with E-state index in [4.69, 9.17) is 0 Å². The van der Waals surface area contributed by atoms with Gasteiger partial charge in [-0.2, -0.15) is 5.10 Å². The fourth-order valence-electron chi connectivity index (χ4n) is 2.33. The summed E-state index contributed by atoms with van der Waals surface area (Å²) >= 11 is 0. The zero-order valence-electron chi connectivity index (χ0n) is 8.73. The minimum atomic E-state index is 0.121. The lowest BCUT2D eigenvalue weighted by Crippen LogP contribution is -2.76. The molecular weight excluding hydrogens is 192 g/mol. The summed E-state index contributed by atoms with van der Waals surface area (Å²) < 4.78 is 1.67. The normalized spacial score (nSPS) is 22.3. The van der Waals surface area contributed by atoms with E-state index in [1.807, 2.05) is 11.9 Å². The summed E-state index contributed by atoms with van der Waals surface area (Å²) in [5.74, 6) is 0.121. The molecule has 80 valence electrons. The Morgan fingerprint density at radius 1 is 1.60 bits per heavy atom. The predicted octanol–water partition coefficient (Wildman–Crippen LogP) is -0.392. The van der Waals surface area contributed by atoms with E-state index >= 15 is 0 Å². The molecular formula is C10H14N4O. The van der Waals surface area contributed by atoms with Gasteiger partial charge in [0.1, 0.15) is 0 Å². The Labute approximate surface area is 88.1 Å². The van der Waals surface area contributed by atoms with E-state index in [0.29, 0.717) is 5.56 Å². The monoisotopic (exact) mass is 206 g/mol. The number of nitrogens with one attached hydrogen (secondary N) is 1. The number of nitrogens with zero attached hydrogens (tertiary/aromatic N) is 3. The largest absolute Gasteiger partial charge is 0.330 e. The quantitative estimate of drug-likeness (QED) is 0.680. The van der Waals surface area contributed by atoms with Crippen molar-refractivity contribution in [3.05, 3.63) is 18.0 Å². The highest BCUT2D eigenvalue weighted by molar-refractivity contribution is 5.95. The maximum Gasteiger partial charge on any atom is 0.257 e. The molecule has 5 heteroatoms. The summed E-state index contributed by atoms with van der Waals surface area (Å²) in [6, 6.07) is 0. The molecule has 0 atom stereocenters. The van der Waals surface area contributed by atoms with Gasteiger partial charge in [-0.3, -0.25) is 9.48 Å². The number of carbonyl (C=O) groups excluding carboxylic acids is 1. The Morgan fingerprint density at radius 3 is 2.80 bits per heavy atom. The van der Waals surface area contributed by atoms with Crippen molar-refractivity contribution in [2.45, 2.75) is 12.0 Å². The average molecular weight is 206 g/mol. The van der Waals surface area contributed by atoms with Crippen molar-refractivity contribution in [2.24, 2.45) is 7.05 Å². The summed E-state index contributed by atoms with van der Waals surface area (Å²) in [6.45, 7) is 2.77. The third-order valence-electron chi connectivity index (χ3n) is 3.48. The molecule has 0 aliphatic carbocycles. The van der Waals surface area contributed by atoms with Crippen LogP contribution >= 0.6 is 0 Å². The molecule has 0 bridgehead atoms. The van der Waals surface area contributed by atoms with Crippen LogP contribution in [0.25, 0.3) is 0 Å². The van der Waals surface area contributed by atoms with Crippen LogP contribution in [0.2, 0.25) is 0 Å². The maximum atomic E-state index is 12.1. The number of aromatic nitrogens is 2. The topological polar surface area (TPSA) is 50.2 Å². The molecule has 0 radical (unpaired) electrons. The fourth-order valence-corrected chi connectivity index (χ4v) is 2.33. The van der Waals surface area contributed by atoms with Crippen LogP contribution in [0.1, 0.15) is 16.8 Å². The molecule has 0 saturated carbocycles. The molecule has 5 nitrogen and oxygen atoms in total. The third kappa shape index (κ3) is 1.13. The summed E-state index contributed by atoms with van der Waals surface area (Å²) in [5.41, 5.74) is 0.830. The molecule has 0 aromatic carbocycles. The number of rotatable bonds is 1. The second-order valence-corrected chi connectivity index (χ2v) is 4.44.